The topological polar surface area (TPSA) is 109 Å². The van der Waals surface area contributed by atoms with Crippen LogP contribution in [-0.4, -0.2) is 56.6 Å². The van der Waals surface area contributed by atoms with Crippen LogP contribution in [0.4, 0.5) is 20.7 Å². The molecule has 2 aromatic carbocycles. The molecule has 2 N–H and O–H groups in total. The van der Waals surface area contributed by atoms with E-state index in [1.807, 2.05) is 32.0 Å². The number of amides is 1. The van der Waals surface area contributed by atoms with Crippen molar-refractivity contribution in [2.45, 2.75) is 32.5 Å². The van der Waals surface area contributed by atoms with E-state index in [0.29, 0.717) is 35.5 Å². The van der Waals surface area contributed by atoms with Gasteiger partial charge >= 0.3 is 6.01 Å². The zero-order valence-electron chi connectivity index (χ0n) is 21.6. The monoisotopic (exact) mass is 655 g/mol. The number of fused-ring (bicyclic) bond motifs is 3. The maximum Gasteiger partial charge on any atom is 0.302 e. The Hall–Kier alpha value is -3.78. The fourth-order valence-electron chi connectivity index (χ4n) is 5.10. The molecule has 0 spiro atoms. The van der Waals surface area contributed by atoms with Gasteiger partial charge in [-0.15, -0.1) is 0 Å². The number of piperazine rings is 1. The van der Waals surface area contributed by atoms with Crippen molar-refractivity contribution in [1.82, 2.24) is 25.2 Å². The molecule has 0 aliphatic carbocycles. The summed E-state index contributed by atoms with van der Waals surface area (Å²) in [6.07, 6.45) is 2.92. The number of carbonyl (C=O) groups is 1. The van der Waals surface area contributed by atoms with Crippen molar-refractivity contribution in [1.29, 1.82) is 0 Å². The van der Waals surface area contributed by atoms with Crippen molar-refractivity contribution < 1.29 is 18.0 Å². The first-order valence-electron chi connectivity index (χ1n) is 12.7. The highest BCUT2D eigenvalue weighted by molar-refractivity contribution is 14.1. The van der Waals surface area contributed by atoms with Gasteiger partial charge < -0.3 is 14.6 Å². The van der Waals surface area contributed by atoms with Crippen LogP contribution in [-0.2, 0) is 6.54 Å². The molecule has 9 nitrogen and oxygen atoms in total. The van der Waals surface area contributed by atoms with Crippen molar-refractivity contribution in [2.75, 3.05) is 18.4 Å². The lowest BCUT2D eigenvalue weighted by Crippen LogP contribution is -2.55. The second-order valence-corrected chi connectivity index (χ2v) is 11.1. The van der Waals surface area contributed by atoms with Crippen molar-refractivity contribution in [3.05, 3.63) is 86.4 Å². The van der Waals surface area contributed by atoms with Crippen LogP contribution in [0.2, 0.25) is 0 Å². The molecule has 204 valence electrons. The maximum absolute atomic E-state index is 14.8. The van der Waals surface area contributed by atoms with Crippen LogP contribution >= 0.6 is 22.6 Å². The molecule has 1 fully saturated rings. The van der Waals surface area contributed by atoms with Gasteiger partial charge in [0.1, 0.15) is 17.9 Å². The normalized spacial score (nSPS) is 18.4. The number of hydrogen-bond acceptors (Lipinski definition) is 8. The van der Waals surface area contributed by atoms with E-state index in [1.165, 1.54) is 24.5 Å². The summed E-state index contributed by atoms with van der Waals surface area (Å²) in [5.74, 6) is -1.41. The number of rotatable bonds is 4. The Kier molecular flexibility index (Phi) is 7.04. The second-order valence-electron chi connectivity index (χ2n) is 9.86. The number of benzene rings is 2. The molecule has 2 aliphatic rings. The van der Waals surface area contributed by atoms with Crippen LogP contribution in [0.3, 0.4) is 0 Å². The molecule has 0 saturated carbocycles. The number of nitrogens with zero attached hydrogens (tertiary/aromatic N) is 5. The number of carbonyl (C=O) groups excluding carboxylic acids is 1. The van der Waals surface area contributed by atoms with Gasteiger partial charge in [-0.3, -0.25) is 15.1 Å². The highest BCUT2D eigenvalue weighted by atomic mass is 127. The summed E-state index contributed by atoms with van der Waals surface area (Å²) in [7, 11) is 0. The van der Waals surface area contributed by atoms with E-state index < -0.39 is 11.6 Å². The third-order valence-electron chi connectivity index (χ3n) is 6.75. The minimum atomic E-state index is -0.693. The minimum absolute atomic E-state index is 0.0707. The largest absolute Gasteiger partial charge is 0.431 e. The SMILES string of the molecule is CC1CN(C(=O)c2coc(Nc3ncc4c(n3)-c3ccc(I)cc3C(c3c(F)cccc3F)=NC4)n2)CC(C)N1. The van der Waals surface area contributed by atoms with E-state index >= 15 is 0 Å². The number of hydrogen-bond donors (Lipinski definition) is 2. The van der Waals surface area contributed by atoms with Crippen LogP contribution < -0.4 is 10.6 Å². The average Bonchev–Trinajstić information content (AvgIpc) is 3.32. The first-order valence-corrected chi connectivity index (χ1v) is 13.8. The fourth-order valence-corrected chi connectivity index (χ4v) is 5.59. The Balaban J connectivity index is 1.31. The molecule has 0 bridgehead atoms. The molecule has 12 heteroatoms. The summed E-state index contributed by atoms with van der Waals surface area (Å²) in [4.78, 5) is 32.7. The molecular weight excluding hydrogens is 631 g/mol. The summed E-state index contributed by atoms with van der Waals surface area (Å²) in [5.41, 5.74) is 2.67. The van der Waals surface area contributed by atoms with Gasteiger partial charge in [0.15, 0.2) is 5.69 Å². The van der Waals surface area contributed by atoms with Crippen molar-refractivity contribution in [3.8, 4) is 11.3 Å². The predicted octanol–water partition coefficient (Wildman–Crippen LogP) is 4.93. The summed E-state index contributed by atoms with van der Waals surface area (Å²) in [6, 6.07) is 9.75. The number of aromatic nitrogens is 3. The Morgan fingerprint density at radius 1 is 1.10 bits per heavy atom. The Morgan fingerprint density at radius 2 is 1.85 bits per heavy atom. The van der Waals surface area contributed by atoms with E-state index in [0.717, 1.165) is 3.57 Å². The van der Waals surface area contributed by atoms with E-state index in [4.69, 9.17) is 4.42 Å². The standard InChI is InChI=1S/C28H24F2IN7O2/c1-14-11-38(12-15(2)34-14)26(39)22-13-40-28(35-22)37-27-33-10-16-9-32-25(23-20(29)4-3-5-21(23)30)19-8-17(31)6-7-18(19)24(16)36-27/h3-8,10,13-15,34H,9,11-12H2,1-2H3,(H,33,35,36,37). The van der Waals surface area contributed by atoms with Gasteiger partial charge in [0.05, 0.1) is 23.5 Å². The average molecular weight is 655 g/mol. The summed E-state index contributed by atoms with van der Waals surface area (Å²) in [5, 5.41) is 6.33. The Labute approximate surface area is 242 Å². The molecule has 6 rings (SSSR count). The van der Waals surface area contributed by atoms with Crippen molar-refractivity contribution >= 4 is 46.2 Å². The number of oxazole rings is 1. The van der Waals surface area contributed by atoms with Gasteiger partial charge in [-0.05, 0) is 60.7 Å². The van der Waals surface area contributed by atoms with Gasteiger partial charge in [-0.2, -0.15) is 4.98 Å². The molecule has 1 amide bonds. The molecule has 40 heavy (non-hydrogen) atoms. The summed E-state index contributed by atoms with van der Waals surface area (Å²) >= 11 is 2.15. The fraction of sp³-hybridized carbons (Fsp3) is 0.250. The number of aliphatic imine (C=N–C) groups is 1. The van der Waals surface area contributed by atoms with Gasteiger partial charge in [-0.25, -0.2) is 18.7 Å². The van der Waals surface area contributed by atoms with Gasteiger partial charge in [0.2, 0.25) is 5.95 Å². The second kappa shape index (κ2) is 10.7. The van der Waals surface area contributed by atoms with Gasteiger partial charge in [-0.1, -0.05) is 12.1 Å². The lowest BCUT2D eigenvalue weighted by Gasteiger charge is -2.35. The Morgan fingerprint density at radius 3 is 2.60 bits per heavy atom. The van der Waals surface area contributed by atoms with E-state index in [-0.39, 0.29) is 53.5 Å². The molecule has 4 aromatic rings. The number of anilines is 2. The lowest BCUT2D eigenvalue weighted by molar-refractivity contribution is 0.0668. The maximum atomic E-state index is 14.8. The highest BCUT2D eigenvalue weighted by Crippen LogP contribution is 2.34. The smallest absolute Gasteiger partial charge is 0.302 e. The molecule has 1 saturated heterocycles. The van der Waals surface area contributed by atoms with E-state index in [9.17, 15) is 13.6 Å². The molecule has 2 aromatic heterocycles. The molecule has 0 radical (unpaired) electrons. The van der Waals surface area contributed by atoms with Crippen LogP contribution in [0.1, 0.15) is 41.0 Å². The molecule has 4 heterocycles. The summed E-state index contributed by atoms with van der Waals surface area (Å²) < 4.78 is 36.0. The first-order chi connectivity index (χ1) is 19.3. The number of nitrogens with one attached hydrogen (secondary N) is 2. The van der Waals surface area contributed by atoms with Crippen molar-refractivity contribution in [3.63, 3.8) is 0 Å². The van der Waals surface area contributed by atoms with Crippen LogP contribution in [0.25, 0.3) is 11.3 Å². The highest BCUT2D eigenvalue weighted by Gasteiger charge is 2.28. The minimum Gasteiger partial charge on any atom is -0.431 e. The van der Waals surface area contributed by atoms with Crippen molar-refractivity contribution in [2.24, 2.45) is 4.99 Å². The first kappa shape index (κ1) is 26.4. The summed E-state index contributed by atoms with van der Waals surface area (Å²) in [6.45, 7) is 5.34. The van der Waals surface area contributed by atoms with Crippen LogP contribution in [0, 0.1) is 15.2 Å². The quantitative estimate of drug-likeness (QED) is 0.301. The molecule has 2 atom stereocenters. The van der Waals surface area contributed by atoms with Gasteiger partial charge in [0.25, 0.3) is 5.91 Å². The third-order valence-corrected chi connectivity index (χ3v) is 7.42. The predicted molar refractivity (Wildman–Crippen MR) is 154 cm³/mol. The Bertz CT molecular complexity index is 1630. The zero-order chi connectivity index (χ0) is 28.0. The van der Waals surface area contributed by atoms with Crippen LogP contribution in [0.5, 0.6) is 0 Å². The molecule has 2 aliphatic heterocycles. The lowest BCUT2D eigenvalue weighted by atomic mass is 9.95. The number of halogens is 3. The molecular formula is C28H24F2IN7O2. The van der Waals surface area contributed by atoms with E-state index in [2.05, 4.69) is 53.2 Å². The zero-order valence-corrected chi connectivity index (χ0v) is 23.7. The van der Waals surface area contributed by atoms with Gasteiger partial charge in [0, 0.05) is 51.6 Å². The molecule has 2 unspecified atom stereocenters. The van der Waals surface area contributed by atoms with E-state index in [1.54, 1.807) is 11.1 Å². The third kappa shape index (κ3) is 5.08. The van der Waals surface area contributed by atoms with Crippen LogP contribution in [0.15, 0.2) is 58.3 Å².